The van der Waals surface area contributed by atoms with Crippen molar-refractivity contribution in [2.75, 3.05) is 13.1 Å². The van der Waals surface area contributed by atoms with Crippen LogP contribution in [-0.2, 0) is 4.79 Å². The van der Waals surface area contributed by atoms with Crippen LogP contribution in [0.2, 0.25) is 0 Å². The Kier molecular flexibility index (Phi) is 4.76. The quantitative estimate of drug-likeness (QED) is 0.835. The van der Waals surface area contributed by atoms with Crippen LogP contribution in [0.15, 0.2) is 30.3 Å². The molecule has 0 spiro atoms. The van der Waals surface area contributed by atoms with Crippen molar-refractivity contribution in [2.24, 2.45) is 11.7 Å². The van der Waals surface area contributed by atoms with Crippen LogP contribution in [0.5, 0.6) is 0 Å². The van der Waals surface area contributed by atoms with E-state index in [9.17, 15) is 4.79 Å². The van der Waals surface area contributed by atoms with Gasteiger partial charge in [-0.3, -0.25) is 4.79 Å². The molecule has 1 atom stereocenters. The van der Waals surface area contributed by atoms with E-state index in [1.165, 1.54) is 25.7 Å². The molecule has 0 bridgehead atoms. The number of nitrogens with two attached hydrogens (primary N) is 1. The third-order valence-electron chi connectivity index (χ3n) is 3.79. The van der Waals surface area contributed by atoms with Crippen LogP contribution in [0, 0.1) is 5.92 Å². The molecule has 0 aromatic heterocycles. The van der Waals surface area contributed by atoms with Gasteiger partial charge in [0.2, 0.25) is 5.91 Å². The van der Waals surface area contributed by atoms with Crippen LogP contribution in [0.4, 0.5) is 0 Å². The van der Waals surface area contributed by atoms with E-state index in [1.807, 2.05) is 30.3 Å². The largest absolute Gasteiger partial charge is 0.355 e. The van der Waals surface area contributed by atoms with Crippen LogP contribution in [-0.4, -0.2) is 19.0 Å². The number of amides is 1. The zero-order valence-electron chi connectivity index (χ0n) is 10.8. The van der Waals surface area contributed by atoms with E-state index in [0.717, 1.165) is 12.1 Å². The van der Waals surface area contributed by atoms with Crippen molar-refractivity contribution >= 4 is 5.91 Å². The summed E-state index contributed by atoms with van der Waals surface area (Å²) in [6.07, 6.45) is 5.11. The summed E-state index contributed by atoms with van der Waals surface area (Å²) in [6.45, 7) is 1.17. The van der Waals surface area contributed by atoms with Crippen molar-refractivity contribution in [1.82, 2.24) is 5.32 Å². The monoisotopic (exact) mass is 246 g/mol. The Morgan fingerprint density at radius 3 is 2.56 bits per heavy atom. The molecule has 1 fully saturated rings. The van der Waals surface area contributed by atoms with Gasteiger partial charge in [0.25, 0.3) is 0 Å². The number of carbonyl (C=O) groups excluding carboxylic acids is 1. The smallest absolute Gasteiger partial charge is 0.228 e. The molecule has 0 radical (unpaired) electrons. The Labute approximate surface area is 109 Å². The summed E-state index contributed by atoms with van der Waals surface area (Å²) in [6, 6.07) is 9.78. The summed E-state index contributed by atoms with van der Waals surface area (Å²) < 4.78 is 0. The molecular weight excluding hydrogens is 224 g/mol. The van der Waals surface area contributed by atoms with Crippen LogP contribution < -0.4 is 11.1 Å². The molecule has 1 aromatic rings. The molecular formula is C15H22N2O. The first-order chi connectivity index (χ1) is 8.81. The highest BCUT2D eigenvalue weighted by Gasteiger charge is 2.21. The van der Waals surface area contributed by atoms with Gasteiger partial charge in [0, 0.05) is 13.1 Å². The summed E-state index contributed by atoms with van der Waals surface area (Å²) in [4.78, 5) is 12.1. The molecule has 1 saturated carbocycles. The molecule has 1 unspecified atom stereocenters. The van der Waals surface area contributed by atoms with Gasteiger partial charge in [0.05, 0.1) is 5.92 Å². The summed E-state index contributed by atoms with van der Waals surface area (Å²) in [5.74, 6) is 0.520. The maximum Gasteiger partial charge on any atom is 0.228 e. The van der Waals surface area contributed by atoms with Gasteiger partial charge in [0.15, 0.2) is 0 Å². The van der Waals surface area contributed by atoms with E-state index in [2.05, 4.69) is 5.32 Å². The molecule has 0 aliphatic heterocycles. The number of nitrogens with one attached hydrogen (secondary N) is 1. The van der Waals surface area contributed by atoms with Crippen molar-refractivity contribution in [3.8, 4) is 0 Å². The standard InChI is InChI=1S/C15H22N2O/c16-10-14(13-8-2-1-3-9-13)15(18)17-11-12-6-4-5-7-12/h1-3,8-9,12,14H,4-7,10-11,16H2,(H,17,18). The lowest BCUT2D eigenvalue weighted by molar-refractivity contribution is -0.122. The second-order valence-corrected chi connectivity index (χ2v) is 5.09. The topological polar surface area (TPSA) is 55.1 Å². The fourth-order valence-electron chi connectivity index (χ4n) is 2.66. The zero-order valence-corrected chi connectivity index (χ0v) is 10.8. The lowest BCUT2D eigenvalue weighted by atomic mass is 9.98. The maximum absolute atomic E-state index is 12.1. The number of rotatable bonds is 5. The Morgan fingerprint density at radius 2 is 1.94 bits per heavy atom. The first kappa shape index (κ1) is 13.1. The predicted molar refractivity (Wildman–Crippen MR) is 73.2 cm³/mol. The van der Waals surface area contributed by atoms with Gasteiger partial charge in [0.1, 0.15) is 0 Å². The van der Waals surface area contributed by atoms with Crippen LogP contribution in [0.3, 0.4) is 0 Å². The number of hydrogen-bond acceptors (Lipinski definition) is 2. The van der Waals surface area contributed by atoms with E-state index >= 15 is 0 Å². The Hall–Kier alpha value is -1.35. The number of hydrogen-bond donors (Lipinski definition) is 2. The summed E-state index contributed by atoms with van der Waals surface area (Å²) in [7, 11) is 0. The fourth-order valence-corrected chi connectivity index (χ4v) is 2.66. The van der Waals surface area contributed by atoms with E-state index in [-0.39, 0.29) is 11.8 Å². The Balaban J connectivity index is 1.89. The molecule has 3 heteroatoms. The van der Waals surface area contributed by atoms with Crippen molar-refractivity contribution in [3.63, 3.8) is 0 Å². The van der Waals surface area contributed by atoms with Crippen molar-refractivity contribution in [1.29, 1.82) is 0 Å². The average molecular weight is 246 g/mol. The highest BCUT2D eigenvalue weighted by atomic mass is 16.1. The molecule has 3 nitrogen and oxygen atoms in total. The SMILES string of the molecule is NCC(C(=O)NCC1CCCC1)c1ccccc1. The lowest BCUT2D eigenvalue weighted by Crippen LogP contribution is -2.35. The van der Waals surface area contributed by atoms with E-state index < -0.39 is 0 Å². The third-order valence-corrected chi connectivity index (χ3v) is 3.79. The molecule has 1 aromatic carbocycles. The van der Waals surface area contributed by atoms with E-state index in [1.54, 1.807) is 0 Å². The minimum Gasteiger partial charge on any atom is -0.355 e. The normalized spacial score (nSPS) is 17.6. The van der Waals surface area contributed by atoms with Crippen molar-refractivity contribution in [3.05, 3.63) is 35.9 Å². The fraction of sp³-hybridized carbons (Fsp3) is 0.533. The second kappa shape index (κ2) is 6.55. The van der Waals surface area contributed by atoms with E-state index in [4.69, 9.17) is 5.73 Å². The maximum atomic E-state index is 12.1. The molecule has 1 aliphatic rings. The summed E-state index contributed by atoms with van der Waals surface area (Å²) in [5.41, 5.74) is 6.73. The molecule has 0 heterocycles. The van der Waals surface area contributed by atoms with Gasteiger partial charge in [-0.05, 0) is 24.3 Å². The van der Waals surface area contributed by atoms with Gasteiger partial charge in [-0.25, -0.2) is 0 Å². The number of carbonyl (C=O) groups is 1. The summed E-state index contributed by atoms with van der Waals surface area (Å²) in [5, 5.41) is 3.06. The minimum atomic E-state index is -0.215. The zero-order chi connectivity index (χ0) is 12.8. The van der Waals surface area contributed by atoms with Gasteiger partial charge in [-0.15, -0.1) is 0 Å². The van der Waals surface area contributed by atoms with Gasteiger partial charge in [-0.2, -0.15) is 0 Å². The van der Waals surface area contributed by atoms with Crippen molar-refractivity contribution in [2.45, 2.75) is 31.6 Å². The van der Waals surface area contributed by atoms with Crippen LogP contribution in [0.1, 0.15) is 37.2 Å². The van der Waals surface area contributed by atoms with Gasteiger partial charge >= 0.3 is 0 Å². The molecule has 1 aliphatic carbocycles. The van der Waals surface area contributed by atoms with Crippen molar-refractivity contribution < 1.29 is 4.79 Å². The van der Waals surface area contributed by atoms with Crippen LogP contribution in [0.25, 0.3) is 0 Å². The van der Waals surface area contributed by atoms with E-state index in [0.29, 0.717) is 12.5 Å². The molecule has 0 saturated heterocycles. The molecule has 18 heavy (non-hydrogen) atoms. The Bertz CT molecular complexity index is 371. The second-order valence-electron chi connectivity index (χ2n) is 5.09. The average Bonchev–Trinajstić information content (AvgIpc) is 2.92. The molecule has 2 rings (SSSR count). The highest BCUT2D eigenvalue weighted by molar-refractivity contribution is 5.83. The van der Waals surface area contributed by atoms with Gasteiger partial charge < -0.3 is 11.1 Å². The molecule has 1 amide bonds. The minimum absolute atomic E-state index is 0.0654. The van der Waals surface area contributed by atoms with Gasteiger partial charge in [-0.1, -0.05) is 43.2 Å². The first-order valence-electron chi connectivity index (χ1n) is 6.84. The summed E-state index contributed by atoms with van der Waals surface area (Å²) >= 11 is 0. The molecule has 98 valence electrons. The third kappa shape index (κ3) is 3.33. The Morgan fingerprint density at radius 1 is 1.28 bits per heavy atom. The highest BCUT2D eigenvalue weighted by Crippen LogP contribution is 2.24. The predicted octanol–water partition coefficient (Wildman–Crippen LogP) is 2.04. The first-order valence-corrected chi connectivity index (χ1v) is 6.84. The van der Waals surface area contributed by atoms with Crippen LogP contribution >= 0.6 is 0 Å². The molecule has 3 N–H and O–H groups in total. The lowest BCUT2D eigenvalue weighted by Gasteiger charge is -2.17. The number of benzene rings is 1.